The predicted molar refractivity (Wildman–Crippen MR) is 129 cm³/mol. The minimum absolute atomic E-state index is 0.0491. The van der Waals surface area contributed by atoms with Crippen molar-refractivity contribution in [1.82, 2.24) is 10.2 Å². The third-order valence-corrected chi connectivity index (χ3v) is 7.28. The lowest BCUT2D eigenvalue weighted by Crippen LogP contribution is -2.51. The molecule has 1 heterocycles. The first-order valence-electron chi connectivity index (χ1n) is 11.3. The van der Waals surface area contributed by atoms with E-state index >= 15 is 0 Å². The van der Waals surface area contributed by atoms with E-state index in [1.54, 1.807) is 25.1 Å². The topological polar surface area (TPSA) is 105 Å². The molecule has 10 heteroatoms. The molecule has 34 heavy (non-hydrogen) atoms. The maximum absolute atomic E-state index is 13.5. The smallest absolute Gasteiger partial charge is 0.244 e. The first-order chi connectivity index (χ1) is 16.3. The first-order valence-corrected chi connectivity index (χ1v) is 12.9. The van der Waals surface area contributed by atoms with Gasteiger partial charge < -0.3 is 19.7 Å². The number of rotatable bonds is 11. The molecule has 2 aromatic rings. The van der Waals surface area contributed by atoms with Crippen molar-refractivity contribution in [2.45, 2.75) is 39.8 Å². The van der Waals surface area contributed by atoms with Crippen molar-refractivity contribution in [2.24, 2.45) is 0 Å². The molecular weight excluding hydrogens is 458 g/mol. The summed E-state index contributed by atoms with van der Waals surface area (Å²) in [5.41, 5.74) is 1.13. The zero-order chi connectivity index (χ0) is 24.7. The van der Waals surface area contributed by atoms with E-state index in [9.17, 15) is 18.0 Å². The van der Waals surface area contributed by atoms with E-state index in [0.29, 0.717) is 23.7 Å². The second kappa shape index (κ2) is 11.2. The van der Waals surface area contributed by atoms with Gasteiger partial charge in [-0.3, -0.25) is 13.9 Å². The van der Waals surface area contributed by atoms with Crippen LogP contribution in [0.25, 0.3) is 0 Å². The molecule has 1 N–H and O–H groups in total. The zero-order valence-corrected chi connectivity index (χ0v) is 20.5. The Morgan fingerprint density at radius 3 is 2.44 bits per heavy atom. The Balaban J connectivity index is 1.91. The lowest BCUT2D eigenvalue weighted by atomic mass is 10.1. The van der Waals surface area contributed by atoms with Crippen LogP contribution in [-0.4, -0.2) is 56.8 Å². The summed E-state index contributed by atoms with van der Waals surface area (Å²) in [7, 11) is -3.80. The van der Waals surface area contributed by atoms with Gasteiger partial charge in [-0.1, -0.05) is 37.3 Å². The number of anilines is 1. The van der Waals surface area contributed by atoms with E-state index in [2.05, 4.69) is 5.32 Å². The highest BCUT2D eigenvalue weighted by atomic mass is 32.2. The Bertz CT molecular complexity index is 1110. The molecule has 1 aliphatic heterocycles. The number of sulfonamides is 1. The van der Waals surface area contributed by atoms with Gasteiger partial charge in [0.05, 0.1) is 11.4 Å². The highest BCUT2D eigenvalue weighted by Gasteiger charge is 2.31. The monoisotopic (exact) mass is 489 g/mol. The summed E-state index contributed by atoms with van der Waals surface area (Å²) in [5, 5.41) is 2.81. The van der Waals surface area contributed by atoms with Gasteiger partial charge in [0.15, 0.2) is 11.5 Å². The largest absolute Gasteiger partial charge is 0.454 e. The molecule has 0 spiro atoms. The summed E-state index contributed by atoms with van der Waals surface area (Å²) in [5.74, 6) is -0.0534. The third-order valence-electron chi connectivity index (χ3n) is 5.54. The highest BCUT2D eigenvalue weighted by Crippen LogP contribution is 2.36. The number of nitrogens with one attached hydrogen (secondary N) is 1. The summed E-state index contributed by atoms with van der Waals surface area (Å²) >= 11 is 0. The molecule has 184 valence electrons. The Morgan fingerprint density at radius 1 is 1.06 bits per heavy atom. The minimum Gasteiger partial charge on any atom is -0.454 e. The molecule has 0 aromatic heterocycles. The normalized spacial score (nSPS) is 13.3. The maximum Gasteiger partial charge on any atom is 0.244 e. The number of carbonyl (C=O) groups is 2. The molecule has 2 aromatic carbocycles. The van der Waals surface area contributed by atoms with Gasteiger partial charge in [0.1, 0.15) is 12.6 Å². The number of nitrogens with zero attached hydrogens (tertiary/aromatic N) is 2. The molecule has 0 radical (unpaired) electrons. The van der Waals surface area contributed by atoms with Crippen LogP contribution in [0.5, 0.6) is 11.5 Å². The number of amides is 2. The van der Waals surface area contributed by atoms with Crippen molar-refractivity contribution >= 4 is 27.5 Å². The Morgan fingerprint density at radius 2 is 1.76 bits per heavy atom. The molecule has 3 rings (SSSR count). The van der Waals surface area contributed by atoms with Crippen molar-refractivity contribution in [2.75, 3.05) is 29.9 Å². The molecule has 1 atom stereocenters. The lowest BCUT2D eigenvalue weighted by Gasteiger charge is -2.32. The van der Waals surface area contributed by atoms with Crippen LogP contribution in [0, 0.1) is 0 Å². The van der Waals surface area contributed by atoms with E-state index in [0.717, 1.165) is 16.3 Å². The average molecular weight is 490 g/mol. The number of ether oxygens (including phenoxy) is 2. The average Bonchev–Trinajstić information content (AvgIpc) is 3.32. The summed E-state index contributed by atoms with van der Waals surface area (Å²) in [4.78, 5) is 27.6. The van der Waals surface area contributed by atoms with Gasteiger partial charge in [0.2, 0.25) is 28.6 Å². The van der Waals surface area contributed by atoms with Crippen molar-refractivity contribution < 1.29 is 27.5 Å². The van der Waals surface area contributed by atoms with Gasteiger partial charge in [-0.05, 0) is 38.0 Å². The molecule has 0 bridgehead atoms. The zero-order valence-electron chi connectivity index (χ0n) is 19.7. The van der Waals surface area contributed by atoms with Crippen LogP contribution in [0.3, 0.4) is 0 Å². The van der Waals surface area contributed by atoms with Crippen molar-refractivity contribution in [3.63, 3.8) is 0 Å². The number of benzene rings is 2. The van der Waals surface area contributed by atoms with Gasteiger partial charge in [-0.15, -0.1) is 0 Å². The summed E-state index contributed by atoms with van der Waals surface area (Å²) in [6.45, 7) is 5.36. The van der Waals surface area contributed by atoms with Gasteiger partial charge in [0.25, 0.3) is 0 Å². The number of hydrogen-bond donors (Lipinski definition) is 1. The molecule has 1 aliphatic rings. The van der Waals surface area contributed by atoms with E-state index in [1.165, 1.54) is 11.8 Å². The van der Waals surface area contributed by atoms with Crippen LogP contribution in [0.4, 0.5) is 5.69 Å². The van der Waals surface area contributed by atoms with Crippen LogP contribution in [-0.2, 0) is 26.2 Å². The molecule has 9 nitrogen and oxygen atoms in total. The maximum atomic E-state index is 13.5. The molecule has 0 saturated carbocycles. The van der Waals surface area contributed by atoms with E-state index < -0.39 is 28.5 Å². The molecule has 0 saturated heterocycles. The standard InChI is InChI=1S/C24H31N3O6S/c1-4-13-25-24(29)18(3)26(15-19-9-7-6-8-10-19)23(28)16-27(34(30,31)5-2)20-11-12-21-22(14-20)33-17-32-21/h6-12,14,18H,4-5,13,15-17H2,1-3H3,(H,25,29)/t18-/m0/s1. The van der Waals surface area contributed by atoms with Crippen molar-refractivity contribution in [3.05, 3.63) is 54.1 Å². The summed E-state index contributed by atoms with van der Waals surface area (Å²) < 4.78 is 37.7. The first kappa shape index (κ1) is 25.4. The van der Waals surface area contributed by atoms with Gasteiger partial charge in [0, 0.05) is 19.2 Å². The van der Waals surface area contributed by atoms with Crippen LogP contribution in [0.15, 0.2) is 48.5 Å². The molecule has 0 unspecified atom stereocenters. The van der Waals surface area contributed by atoms with E-state index in [4.69, 9.17) is 9.47 Å². The fraction of sp³-hybridized carbons (Fsp3) is 0.417. The van der Waals surface area contributed by atoms with Gasteiger partial charge >= 0.3 is 0 Å². The molecular formula is C24H31N3O6S. The summed E-state index contributed by atoms with van der Waals surface area (Å²) in [6.07, 6.45) is 0.762. The van der Waals surface area contributed by atoms with Crippen LogP contribution >= 0.6 is 0 Å². The predicted octanol–water partition coefficient (Wildman–Crippen LogP) is 2.51. The van der Waals surface area contributed by atoms with E-state index in [-0.39, 0.29) is 25.0 Å². The molecule has 0 aliphatic carbocycles. The second-order valence-corrected chi connectivity index (χ2v) is 10.1. The number of fused-ring (bicyclic) bond motifs is 1. The van der Waals surface area contributed by atoms with Crippen molar-refractivity contribution in [3.8, 4) is 11.5 Å². The fourth-order valence-electron chi connectivity index (χ4n) is 3.52. The van der Waals surface area contributed by atoms with Crippen molar-refractivity contribution in [1.29, 1.82) is 0 Å². The van der Waals surface area contributed by atoms with Crippen LogP contribution < -0.4 is 19.1 Å². The van der Waals surface area contributed by atoms with E-state index in [1.807, 2.05) is 37.3 Å². The number of carbonyl (C=O) groups excluding carboxylic acids is 2. The lowest BCUT2D eigenvalue weighted by molar-refractivity contribution is -0.139. The quantitative estimate of drug-likeness (QED) is 0.520. The van der Waals surface area contributed by atoms with Crippen LogP contribution in [0.1, 0.15) is 32.8 Å². The fourth-order valence-corrected chi connectivity index (χ4v) is 4.57. The van der Waals surface area contributed by atoms with Crippen LogP contribution in [0.2, 0.25) is 0 Å². The number of hydrogen-bond acceptors (Lipinski definition) is 6. The second-order valence-electron chi connectivity index (χ2n) is 7.92. The van der Waals surface area contributed by atoms with Gasteiger partial charge in [-0.2, -0.15) is 0 Å². The minimum atomic E-state index is -3.80. The Labute approximate surface area is 200 Å². The molecule has 2 amide bonds. The Kier molecular flexibility index (Phi) is 8.38. The third kappa shape index (κ3) is 5.99. The Hall–Kier alpha value is -3.27. The van der Waals surface area contributed by atoms with Gasteiger partial charge in [-0.25, -0.2) is 8.42 Å². The molecule has 0 fully saturated rings. The highest BCUT2D eigenvalue weighted by molar-refractivity contribution is 7.92. The summed E-state index contributed by atoms with van der Waals surface area (Å²) in [6, 6.07) is 13.2. The SMILES string of the molecule is CCCNC(=O)[C@H](C)N(Cc1ccccc1)C(=O)CN(c1ccc2c(c1)OCO2)S(=O)(=O)CC.